The third-order valence-corrected chi connectivity index (χ3v) is 6.87. The molecule has 0 radical (unpaired) electrons. The number of carbonyl (C=O) groups excluding carboxylic acids is 3. The Morgan fingerprint density at radius 2 is 1.74 bits per heavy atom. The molecule has 196 valence electrons. The fourth-order valence-electron chi connectivity index (χ4n) is 4.67. The van der Waals surface area contributed by atoms with Gasteiger partial charge in [-0.05, 0) is 43.1 Å². The number of unbranched alkanes of at least 4 members (excludes halogenated alkanes) is 3. The summed E-state index contributed by atoms with van der Waals surface area (Å²) in [5.74, 6) is -5.48. The van der Waals surface area contributed by atoms with Gasteiger partial charge in [0.2, 0.25) is 5.78 Å². The van der Waals surface area contributed by atoms with Gasteiger partial charge in [0.15, 0.2) is 0 Å². The lowest BCUT2D eigenvalue weighted by atomic mass is 9.84. The summed E-state index contributed by atoms with van der Waals surface area (Å²) >= 11 is 0. The van der Waals surface area contributed by atoms with Crippen molar-refractivity contribution in [3.05, 3.63) is 35.9 Å². The van der Waals surface area contributed by atoms with E-state index >= 15 is 0 Å². The number of alkyl halides is 2. The molecule has 0 bridgehead atoms. The van der Waals surface area contributed by atoms with Crippen LogP contribution in [-0.4, -0.2) is 34.7 Å². The molecular weight excluding hydrogens is 454 g/mol. The molecule has 0 aromatic heterocycles. The highest BCUT2D eigenvalue weighted by Crippen LogP contribution is 2.37. The molecular formula is C28H40F2O5. The van der Waals surface area contributed by atoms with Gasteiger partial charge >= 0.3 is 11.9 Å². The SMILES string of the molecule is CC(C)CCC(F)(F)C(=O)CC[C@H]1[C@H](O)CC(=O)[C@@H]1CCCCCCC(=O)OCc1ccccc1. The quantitative estimate of drug-likeness (QED) is 0.223. The van der Waals surface area contributed by atoms with Gasteiger partial charge in [-0.3, -0.25) is 14.4 Å². The molecule has 0 heterocycles. The number of Topliss-reactive ketones (excluding diaryl/α,β-unsaturated/α-hetero) is 2. The third kappa shape index (κ3) is 10.2. The molecule has 1 aromatic carbocycles. The fourth-order valence-corrected chi connectivity index (χ4v) is 4.67. The summed E-state index contributed by atoms with van der Waals surface area (Å²) in [7, 11) is 0. The first kappa shape index (κ1) is 29.1. The Bertz CT molecular complexity index is 809. The van der Waals surface area contributed by atoms with Gasteiger partial charge < -0.3 is 9.84 Å². The highest BCUT2D eigenvalue weighted by molar-refractivity contribution is 5.86. The van der Waals surface area contributed by atoms with Crippen LogP contribution in [0, 0.1) is 17.8 Å². The van der Waals surface area contributed by atoms with Crippen molar-refractivity contribution >= 4 is 17.5 Å². The van der Waals surface area contributed by atoms with Crippen molar-refractivity contribution in [2.24, 2.45) is 17.8 Å². The van der Waals surface area contributed by atoms with Gasteiger partial charge in [0.1, 0.15) is 12.4 Å². The molecule has 1 aliphatic carbocycles. The zero-order chi connectivity index (χ0) is 25.8. The highest BCUT2D eigenvalue weighted by atomic mass is 19.3. The average molecular weight is 495 g/mol. The molecule has 1 fully saturated rings. The summed E-state index contributed by atoms with van der Waals surface area (Å²) in [5.41, 5.74) is 0.944. The summed E-state index contributed by atoms with van der Waals surface area (Å²) in [6.45, 7) is 3.94. The number of ketones is 2. The molecule has 1 N–H and O–H groups in total. The van der Waals surface area contributed by atoms with Gasteiger partial charge in [-0.15, -0.1) is 0 Å². The predicted octanol–water partition coefficient (Wildman–Crippen LogP) is 6.06. The van der Waals surface area contributed by atoms with Crippen LogP contribution in [-0.2, 0) is 25.7 Å². The monoisotopic (exact) mass is 494 g/mol. The van der Waals surface area contributed by atoms with Gasteiger partial charge in [-0.2, -0.15) is 8.78 Å². The molecule has 5 nitrogen and oxygen atoms in total. The maximum Gasteiger partial charge on any atom is 0.306 e. The molecule has 0 aliphatic heterocycles. The van der Waals surface area contributed by atoms with Crippen LogP contribution in [0.5, 0.6) is 0 Å². The lowest BCUT2D eigenvalue weighted by Gasteiger charge is -2.22. The molecule has 0 amide bonds. The molecule has 1 aromatic rings. The first-order valence-corrected chi connectivity index (χ1v) is 12.9. The van der Waals surface area contributed by atoms with Gasteiger partial charge in [0.05, 0.1) is 6.10 Å². The molecule has 0 spiro atoms. The Labute approximate surface area is 207 Å². The zero-order valence-electron chi connectivity index (χ0n) is 21.0. The van der Waals surface area contributed by atoms with Gasteiger partial charge in [-0.25, -0.2) is 0 Å². The van der Waals surface area contributed by atoms with Crippen LogP contribution in [0.15, 0.2) is 30.3 Å². The number of aliphatic hydroxyl groups is 1. The van der Waals surface area contributed by atoms with Crippen LogP contribution >= 0.6 is 0 Å². The average Bonchev–Trinajstić information content (AvgIpc) is 3.09. The zero-order valence-corrected chi connectivity index (χ0v) is 21.0. The minimum atomic E-state index is -3.35. The van der Waals surface area contributed by atoms with Crippen molar-refractivity contribution in [2.75, 3.05) is 0 Å². The van der Waals surface area contributed by atoms with Crippen LogP contribution in [0.25, 0.3) is 0 Å². The molecule has 1 saturated carbocycles. The maximum atomic E-state index is 14.1. The highest BCUT2D eigenvalue weighted by Gasteiger charge is 2.43. The molecule has 7 heteroatoms. The summed E-state index contributed by atoms with van der Waals surface area (Å²) in [6.07, 6.45) is 2.75. The van der Waals surface area contributed by atoms with E-state index < -0.39 is 36.1 Å². The van der Waals surface area contributed by atoms with Crippen LogP contribution in [0.3, 0.4) is 0 Å². The number of rotatable bonds is 16. The van der Waals surface area contributed by atoms with E-state index in [0.717, 1.165) is 24.8 Å². The lowest BCUT2D eigenvalue weighted by Crippen LogP contribution is -2.30. The second-order valence-electron chi connectivity index (χ2n) is 10.2. The van der Waals surface area contributed by atoms with Crippen molar-refractivity contribution in [3.8, 4) is 0 Å². The number of benzene rings is 1. The van der Waals surface area contributed by atoms with E-state index in [1.807, 2.05) is 44.2 Å². The third-order valence-electron chi connectivity index (χ3n) is 6.87. The minimum Gasteiger partial charge on any atom is -0.461 e. The van der Waals surface area contributed by atoms with Crippen LogP contribution in [0.4, 0.5) is 8.78 Å². The Balaban J connectivity index is 1.66. The summed E-state index contributed by atoms with van der Waals surface area (Å²) in [5, 5.41) is 10.3. The Kier molecular flexibility index (Phi) is 12.0. The van der Waals surface area contributed by atoms with Crippen molar-refractivity contribution in [2.45, 2.75) is 103 Å². The number of carbonyl (C=O) groups is 3. The maximum absolute atomic E-state index is 14.1. The van der Waals surface area contributed by atoms with Gasteiger partial charge in [0, 0.05) is 31.6 Å². The number of esters is 1. The molecule has 0 saturated heterocycles. The smallest absolute Gasteiger partial charge is 0.306 e. The minimum absolute atomic E-state index is 0.0283. The number of hydrogen-bond acceptors (Lipinski definition) is 5. The van der Waals surface area contributed by atoms with Crippen molar-refractivity contribution in [3.63, 3.8) is 0 Å². The summed E-state index contributed by atoms with van der Waals surface area (Å²) in [6, 6.07) is 9.48. The topological polar surface area (TPSA) is 80.7 Å². The Morgan fingerprint density at radius 1 is 1.06 bits per heavy atom. The van der Waals surface area contributed by atoms with E-state index in [4.69, 9.17) is 4.74 Å². The van der Waals surface area contributed by atoms with Crippen LogP contribution in [0.1, 0.15) is 90.0 Å². The predicted molar refractivity (Wildman–Crippen MR) is 130 cm³/mol. The second-order valence-corrected chi connectivity index (χ2v) is 10.2. The van der Waals surface area contributed by atoms with E-state index in [1.54, 1.807) is 0 Å². The molecule has 35 heavy (non-hydrogen) atoms. The fraction of sp³-hybridized carbons (Fsp3) is 0.679. The number of halogens is 2. The van der Waals surface area contributed by atoms with E-state index in [-0.39, 0.29) is 50.0 Å². The summed E-state index contributed by atoms with van der Waals surface area (Å²) < 4.78 is 33.5. The summed E-state index contributed by atoms with van der Waals surface area (Å²) in [4.78, 5) is 36.3. The number of ether oxygens (including phenoxy) is 1. The van der Waals surface area contributed by atoms with Crippen molar-refractivity contribution in [1.29, 1.82) is 0 Å². The number of hydrogen-bond donors (Lipinski definition) is 1. The van der Waals surface area contributed by atoms with E-state index in [2.05, 4.69) is 0 Å². The van der Waals surface area contributed by atoms with Crippen molar-refractivity contribution in [1.82, 2.24) is 0 Å². The van der Waals surface area contributed by atoms with Gasteiger partial charge in [0.25, 0.3) is 0 Å². The van der Waals surface area contributed by atoms with Crippen LogP contribution < -0.4 is 0 Å². The second kappa shape index (κ2) is 14.4. The molecule has 1 aliphatic rings. The lowest BCUT2D eigenvalue weighted by molar-refractivity contribution is -0.145. The molecule has 2 rings (SSSR count). The van der Waals surface area contributed by atoms with Crippen LogP contribution in [0.2, 0.25) is 0 Å². The van der Waals surface area contributed by atoms with E-state index in [1.165, 1.54) is 0 Å². The van der Waals surface area contributed by atoms with Gasteiger partial charge in [-0.1, -0.05) is 63.4 Å². The first-order chi connectivity index (χ1) is 16.6. The van der Waals surface area contributed by atoms with E-state index in [9.17, 15) is 28.3 Å². The number of aliphatic hydroxyl groups excluding tert-OH is 1. The standard InChI is InChI=1S/C28H40F2O5/c1-20(2)16-17-28(29,30)26(33)15-14-23-22(24(31)18-25(23)32)12-8-3-4-9-13-27(34)35-19-21-10-6-5-7-11-21/h5-7,10-11,20,22-23,25,32H,3-4,8-9,12-19H2,1-2H3/t22-,23-,25-/m1/s1. The largest absolute Gasteiger partial charge is 0.461 e. The molecule has 3 atom stereocenters. The normalized spacial score (nSPS) is 20.4. The molecule has 0 unspecified atom stereocenters. The Hall–Kier alpha value is -2.15. The van der Waals surface area contributed by atoms with Crippen molar-refractivity contribution < 1.29 is 33.0 Å². The first-order valence-electron chi connectivity index (χ1n) is 12.9. The Morgan fingerprint density at radius 3 is 2.43 bits per heavy atom. The van der Waals surface area contributed by atoms with E-state index in [0.29, 0.717) is 19.3 Å².